The first-order valence-corrected chi connectivity index (χ1v) is 13.7. The Morgan fingerprint density at radius 3 is 2.27 bits per heavy atom. The van der Waals surface area contributed by atoms with E-state index in [1.54, 1.807) is 6.92 Å². The van der Waals surface area contributed by atoms with E-state index >= 15 is 0 Å². The van der Waals surface area contributed by atoms with Gasteiger partial charge in [-0.2, -0.15) is 0 Å². The molecule has 2 aromatic carbocycles. The van der Waals surface area contributed by atoms with Gasteiger partial charge in [-0.15, -0.1) is 10.2 Å². The van der Waals surface area contributed by atoms with Gasteiger partial charge in [-0.05, 0) is 43.4 Å². The maximum atomic E-state index is 13.1. The number of aromatic nitrogens is 2. The van der Waals surface area contributed by atoms with Gasteiger partial charge in [0.15, 0.2) is 0 Å². The van der Waals surface area contributed by atoms with Crippen LogP contribution in [-0.2, 0) is 20.7 Å². The van der Waals surface area contributed by atoms with Gasteiger partial charge in [0.05, 0.1) is 12.5 Å². The van der Waals surface area contributed by atoms with Crippen molar-refractivity contribution in [2.75, 3.05) is 0 Å². The molecule has 0 aliphatic carbocycles. The molecule has 9 heteroatoms. The zero-order chi connectivity index (χ0) is 29.3. The number of hydrogen-bond acceptors (Lipinski definition) is 7. The standard InChI is InChI=1S/C31H40N4O5/c1-7-8-14-24(27(36)28(37)32-21(3)22-12-10-9-11-13-22)33-30(38)39-25(31(4,5)6)19-26-34-35-29(40-26)23-17-15-20(2)16-18-23/h9-13,15-18,21,24-25H,7-8,14,19H2,1-6H3,(H,32,37)(H,33,38)/t21-,24+,25-/m1/s1. The third-order valence-corrected chi connectivity index (χ3v) is 6.67. The number of carbonyl (C=O) groups excluding carboxylic acids is 3. The van der Waals surface area contributed by atoms with E-state index in [1.807, 2.05) is 89.2 Å². The number of nitrogens with zero attached hydrogens (tertiary/aromatic N) is 2. The van der Waals surface area contributed by atoms with Crippen LogP contribution >= 0.6 is 0 Å². The summed E-state index contributed by atoms with van der Waals surface area (Å²) in [6, 6.07) is 15.7. The SMILES string of the molecule is CCCC[C@H](NC(=O)O[C@H](Cc1nnc(-c2ccc(C)cc2)o1)C(C)(C)C)C(=O)C(=O)N[C@H](C)c1ccccc1. The molecule has 2 N–H and O–H groups in total. The number of nitrogens with one attached hydrogen (secondary N) is 2. The van der Waals surface area contributed by atoms with Crippen LogP contribution in [0.5, 0.6) is 0 Å². The van der Waals surface area contributed by atoms with Gasteiger partial charge in [-0.1, -0.05) is 88.6 Å². The molecule has 0 saturated carbocycles. The first-order chi connectivity index (χ1) is 19.0. The molecular formula is C31H40N4O5. The Morgan fingerprint density at radius 2 is 1.65 bits per heavy atom. The van der Waals surface area contributed by atoms with Gasteiger partial charge in [-0.3, -0.25) is 9.59 Å². The molecule has 0 bridgehead atoms. The van der Waals surface area contributed by atoms with E-state index in [-0.39, 0.29) is 12.5 Å². The number of Topliss-reactive ketones (excluding diaryl/α,β-unsaturated/α-hetero) is 1. The van der Waals surface area contributed by atoms with Gasteiger partial charge in [-0.25, -0.2) is 4.79 Å². The lowest BCUT2D eigenvalue weighted by molar-refractivity contribution is -0.139. The molecule has 9 nitrogen and oxygen atoms in total. The fourth-order valence-corrected chi connectivity index (χ4v) is 4.07. The molecule has 0 fully saturated rings. The van der Waals surface area contributed by atoms with Gasteiger partial charge in [0.25, 0.3) is 5.91 Å². The maximum Gasteiger partial charge on any atom is 0.408 e. The maximum absolute atomic E-state index is 13.1. The molecule has 3 aromatic rings. The lowest BCUT2D eigenvalue weighted by Crippen LogP contribution is -2.49. The number of amides is 2. The summed E-state index contributed by atoms with van der Waals surface area (Å²) in [5.74, 6) is -0.746. The number of benzene rings is 2. The summed E-state index contributed by atoms with van der Waals surface area (Å²) in [6.45, 7) is 11.6. The number of ether oxygens (including phenoxy) is 1. The highest BCUT2D eigenvalue weighted by molar-refractivity contribution is 6.38. The first-order valence-electron chi connectivity index (χ1n) is 13.7. The molecule has 0 unspecified atom stereocenters. The van der Waals surface area contributed by atoms with Crippen LogP contribution in [0.1, 0.15) is 76.9 Å². The third-order valence-electron chi connectivity index (χ3n) is 6.67. The number of rotatable bonds is 12. The molecule has 1 heterocycles. The van der Waals surface area contributed by atoms with Crippen LogP contribution in [0.15, 0.2) is 59.0 Å². The lowest BCUT2D eigenvalue weighted by Gasteiger charge is -2.30. The van der Waals surface area contributed by atoms with Crippen molar-refractivity contribution in [3.8, 4) is 11.5 Å². The van der Waals surface area contributed by atoms with Crippen LogP contribution in [0.2, 0.25) is 0 Å². The Morgan fingerprint density at radius 1 is 0.975 bits per heavy atom. The molecule has 0 aliphatic rings. The smallest absolute Gasteiger partial charge is 0.408 e. The monoisotopic (exact) mass is 548 g/mol. The van der Waals surface area contributed by atoms with Gasteiger partial charge in [0.2, 0.25) is 17.6 Å². The van der Waals surface area contributed by atoms with E-state index in [0.29, 0.717) is 24.6 Å². The highest BCUT2D eigenvalue weighted by Gasteiger charge is 2.33. The summed E-state index contributed by atoms with van der Waals surface area (Å²) >= 11 is 0. The summed E-state index contributed by atoms with van der Waals surface area (Å²) in [6.07, 6.45) is 0.558. The molecule has 2 amide bonds. The average Bonchev–Trinajstić information content (AvgIpc) is 3.39. The van der Waals surface area contributed by atoms with Crippen LogP contribution in [-0.4, -0.2) is 40.1 Å². The zero-order valence-electron chi connectivity index (χ0n) is 24.2. The van der Waals surface area contributed by atoms with Crippen molar-refractivity contribution < 1.29 is 23.5 Å². The Hall–Kier alpha value is -4.01. The zero-order valence-corrected chi connectivity index (χ0v) is 24.2. The summed E-state index contributed by atoms with van der Waals surface area (Å²) in [5, 5.41) is 13.7. The Labute approximate surface area is 236 Å². The number of alkyl carbamates (subject to hydrolysis) is 1. The molecule has 1 aromatic heterocycles. The van der Waals surface area contributed by atoms with Crippen molar-refractivity contribution in [2.45, 2.75) is 85.4 Å². The highest BCUT2D eigenvalue weighted by atomic mass is 16.6. The van der Waals surface area contributed by atoms with E-state index in [1.165, 1.54) is 0 Å². The van der Waals surface area contributed by atoms with Crippen LogP contribution in [0.3, 0.4) is 0 Å². The quantitative estimate of drug-likeness (QED) is 0.277. The Bertz CT molecular complexity index is 1260. The van der Waals surface area contributed by atoms with Crippen LogP contribution in [0, 0.1) is 12.3 Å². The molecule has 0 spiro atoms. The van der Waals surface area contributed by atoms with Crippen molar-refractivity contribution in [2.24, 2.45) is 5.41 Å². The molecule has 3 atom stereocenters. The van der Waals surface area contributed by atoms with Crippen molar-refractivity contribution in [1.82, 2.24) is 20.8 Å². The number of aryl methyl sites for hydroxylation is 1. The number of hydrogen-bond donors (Lipinski definition) is 2. The molecular weight excluding hydrogens is 508 g/mol. The molecule has 40 heavy (non-hydrogen) atoms. The van der Waals surface area contributed by atoms with Gasteiger partial charge in [0, 0.05) is 5.56 Å². The third kappa shape index (κ3) is 8.76. The fraction of sp³-hybridized carbons (Fsp3) is 0.452. The predicted octanol–water partition coefficient (Wildman–Crippen LogP) is 5.73. The minimum Gasteiger partial charge on any atom is -0.445 e. The van der Waals surface area contributed by atoms with Crippen molar-refractivity contribution in [1.29, 1.82) is 0 Å². The first kappa shape index (κ1) is 30.5. The van der Waals surface area contributed by atoms with Gasteiger partial charge >= 0.3 is 6.09 Å². The Kier molecular flexibility index (Phi) is 10.6. The topological polar surface area (TPSA) is 123 Å². The normalized spacial score (nSPS) is 13.7. The van der Waals surface area contributed by atoms with Gasteiger partial charge in [0.1, 0.15) is 12.1 Å². The number of carbonyl (C=O) groups is 3. The van der Waals surface area contributed by atoms with E-state index in [0.717, 1.165) is 23.1 Å². The molecule has 0 radical (unpaired) electrons. The van der Waals surface area contributed by atoms with E-state index in [2.05, 4.69) is 20.8 Å². The average molecular weight is 549 g/mol. The summed E-state index contributed by atoms with van der Waals surface area (Å²) in [4.78, 5) is 38.9. The van der Waals surface area contributed by atoms with E-state index < -0.39 is 35.3 Å². The minimum atomic E-state index is -1.01. The summed E-state index contributed by atoms with van der Waals surface area (Å²) in [7, 11) is 0. The second-order valence-corrected chi connectivity index (χ2v) is 11.1. The largest absolute Gasteiger partial charge is 0.445 e. The molecule has 0 saturated heterocycles. The molecule has 214 valence electrons. The van der Waals surface area contributed by atoms with Gasteiger partial charge < -0.3 is 19.8 Å². The number of ketones is 1. The van der Waals surface area contributed by atoms with E-state index in [9.17, 15) is 14.4 Å². The minimum absolute atomic E-state index is 0.193. The number of unbranched alkanes of at least 4 members (excludes halogenated alkanes) is 1. The highest BCUT2D eigenvalue weighted by Crippen LogP contribution is 2.27. The van der Waals surface area contributed by atoms with E-state index in [4.69, 9.17) is 9.15 Å². The molecule has 0 aliphatic heterocycles. The summed E-state index contributed by atoms with van der Waals surface area (Å²) < 4.78 is 11.6. The van der Waals surface area contributed by atoms with Crippen LogP contribution in [0.25, 0.3) is 11.5 Å². The van der Waals surface area contributed by atoms with Crippen LogP contribution in [0.4, 0.5) is 4.79 Å². The van der Waals surface area contributed by atoms with Crippen molar-refractivity contribution in [3.63, 3.8) is 0 Å². The lowest BCUT2D eigenvalue weighted by atomic mass is 9.87. The second-order valence-electron chi connectivity index (χ2n) is 11.1. The fourth-order valence-electron chi connectivity index (χ4n) is 4.07. The second kappa shape index (κ2) is 13.9. The van der Waals surface area contributed by atoms with Crippen molar-refractivity contribution >= 4 is 17.8 Å². The summed E-state index contributed by atoms with van der Waals surface area (Å²) in [5.41, 5.74) is 2.32. The predicted molar refractivity (Wildman–Crippen MR) is 152 cm³/mol. The molecule has 3 rings (SSSR count). The van der Waals surface area contributed by atoms with Crippen LogP contribution < -0.4 is 10.6 Å². The van der Waals surface area contributed by atoms with Crippen molar-refractivity contribution in [3.05, 3.63) is 71.6 Å². The Balaban J connectivity index is 1.66.